The molecule has 0 aliphatic carbocycles. The summed E-state index contributed by atoms with van der Waals surface area (Å²) in [5.41, 5.74) is 3.29. The van der Waals surface area contributed by atoms with E-state index in [-0.39, 0.29) is 6.79 Å². The molecule has 1 aliphatic heterocycles. The summed E-state index contributed by atoms with van der Waals surface area (Å²) in [7, 11) is 0. The first kappa shape index (κ1) is 17.8. The third-order valence-electron chi connectivity index (χ3n) is 4.62. The molecule has 7 heteroatoms. The summed E-state index contributed by atoms with van der Waals surface area (Å²) >= 11 is 1.65. The molecular formula is C22H18N4O2S. The van der Waals surface area contributed by atoms with Crippen molar-refractivity contribution in [3.05, 3.63) is 84.2 Å². The van der Waals surface area contributed by atoms with E-state index in [1.807, 2.05) is 42.6 Å². The molecular weight excluding hydrogens is 384 g/mol. The minimum atomic E-state index is 0.271. The number of hydrogen-bond donors (Lipinski definition) is 0. The van der Waals surface area contributed by atoms with Gasteiger partial charge in [-0.1, -0.05) is 54.2 Å². The highest BCUT2D eigenvalue weighted by atomic mass is 32.2. The van der Waals surface area contributed by atoms with Gasteiger partial charge in [-0.3, -0.25) is 9.55 Å². The van der Waals surface area contributed by atoms with Crippen molar-refractivity contribution in [1.29, 1.82) is 0 Å². The van der Waals surface area contributed by atoms with E-state index in [2.05, 4.69) is 44.0 Å². The molecule has 2 aromatic carbocycles. The first-order chi connectivity index (χ1) is 14.4. The predicted molar refractivity (Wildman–Crippen MR) is 111 cm³/mol. The molecule has 4 aromatic rings. The fraction of sp³-hybridized carbons (Fsp3) is 0.136. The normalized spacial score (nSPS) is 12.3. The number of pyridine rings is 1. The Balaban J connectivity index is 1.47. The van der Waals surface area contributed by atoms with Crippen molar-refractivity contribution >= 4 is 11.8 Å². The van der Waals surface area contributed by atoms with Crippen LogP contribution < -0.4 is 9.47 Å². The van der Waals surface area contributed by atoms with Crippen molar-refractivity contribution in [2.45, 2.75) is 17.5 Å². The van der Waals surface area contributed by atoms with E-state index in [0.717, 1.165) is 44.9 Å². The summed E-state index contributed by atoms with van der Waals surface area (Å²) < 4.78 is 13.1. The minimum absolute atomic E-state index is 0.271. The van der Waals surface area contributed by atoms with E-state index in [0.29, 0.717) is 6.54 Å². The van der Waals surface area contributed by atoms with Crippen LogP contribution >= 0.6 is 11.8 Å². The Hall–Kier alpha value is -3.32. The van der Waals surface area contributed by atoms with Crippen LogP contribution in [0.2, 0.25) is 0 Å². The average Bonchev–Trinajstić information content (AvgIpc) is 3.40. The van der Waals surface area contributed by atoms with Gasteiger partial charge in [0.1, 0.15) is 0 Å². The quantitative estimate of drug-likeness (QED) is 0.445. The molecule has 0 atom stereocenters. The summed E-state index contributed by atoms with van der Waals surface area (Å²) in [6, 6.07) is 20.2. The average molecular weight is 402 g/mol. The number of ether oxygens (including phenoxy) is 2. The molecule has 29 heavy (non-hydrogen) atoms. The van der Waals surface area contributed by atoms with Gasteiger partial charge in [-0.2, -0.15) is 0 Å². The monoisotopic (exact) mass is 402 g/mol. The van der Waals surface area contributed by atoms with Crippen LogP contribution in [0, 0.1) is 0 Å². The number of rotatable bonds is 6. The number of thioether (sulfide) groups is 1. The lowest BCUT2D eigenvalue weighted by Crippen LogP contribution is -2.04. The molecule has 144 valence electrons. The molecule has 0 unspecified atom stereocenters. The van der Waals surface area contributed by atoms with Gasteiger partial charge in [-0.15, -0.1) is 10.2 Å². The van der Waals surface area contributed by atoms with Gasteiger partial charge in [0.25, 0.3) is 0 Å². The standard InChI is InChI=1S/C22H18N4O2S/c1-2-6-18(7-3-1)21-24-25-22(29-14-17-5-4-10-23-12-17)26(21)13-16-8-9-19-20(11-16)28-15-27-19/h1-12H,13-15H2. The van der Waals surface area contributed by atoms with Crippen molar-refractivity contribution in [3.8, 4) is 22.9 Å². The second kappa shape index (κ2) is 7.97. The van der Waals surface area contributed by atoms with Crippen molar-refractivity contribution in [3.63, 3.8) is 0 Å². The summed E-state index contributed by atoms with van der Waals surface area (Å²) in [4.78, 5) is 4.19. The van der Waals surface area contributed by atoms with Crippen molar-refractivity contribution in [1.82, 2.24) is 19.7 Å². The molecule has 0 fully saturated rings. The molecule has 0 saturated carbocycles. The first-order valence-corrected chi connectivity index (χ1v) is 10.2. The first-order valence-electron chi connectivity index (χ1n) is 9.26. The van der Waals surface area contributed by atoms with Crippen LogP contribution in [-0.4, -0.2) is 26.5 Å². The Morgan fingerprint density at radius 3 is 2.66 bits per heavy atom. The Labute approximate surface area is 172 Å². The highest BCUT2D eigenvalue weighted by Crippen LogP contribution is 2.34. The second-order valence-electron chi connectivity index (χ2n) is 6.60. The maximum Gasteiger partial charge on any atom is 0.231 e. The molecule has 5 rings (SSSR count). The zero-order chi connectivity index (χ0) is 19.5. The number of aromatic nitrogens is 4. The molecule has 6 nitrogen and oxygen atoms in total. The third-order valence-corrected chi connectivity index (χ3v) is 5.66. The summed E-state index contributed by atoms with van der Waals surface area (Å²) in [6.45, 7) is 0.913. The lowest BCUT2D eigenvalue weighted by Gasteiger charge is -2.11. The van der Waals surface area contributed by atoms with Crippen LogP contribution in [0.3, 0.4) is 0 Å². The van der Waals surface area contributed by atoms with E-state index in [4.69, 9.17) is 9.47 Å². The lowest BCUT2D eigenvalue weighted by molar-refractivity contribution is 0.174. The smallest absolute Gasteiger partial charge is 0.231 e. The van der Waals surface area contributed by atoms with Gasteiger partial charge in [0.15, 0.2) is 22.5 Å². The van der Waals surface area contributed by atoms with Crippen LogP contribution in [0.15, 0.2) is 78.2 Å². The number of nitrogens with zero attached hydrogens (tertiary/aromatic N) is 4. The van der Waals surface area contributed by atoms with E-state index >= 15 is 0 Å². The zero-order valence-electron chi connectivity index (χ0n) is 15.6. The summed E-state index contributed by atoms with van der Waals surface area (Å²) in [5, 5.41) is 9.83. The van der Waals surface area contributed by atoms with E-state index < -0.39 is 0 Å². The van der Waals surface area contributed by atoms with Gasteiger partial charge in [0.2, 0.25) is 6.79 Å². The fourth-order valence-corrected chi connectivity index (χ4v) is 4.06. The Morgan fingerprint density at radius 2 is 1.79 bits per heavy atom. The van der Waals surface area contributed by atoms with Gasteiger partial charge in [0.05, 0.1) is 6.54 Å². The predicted octanol–water partition coefficient (Wildman–Crippen LogP) is 4.41. The second-order valence-corrected chi connectivity index (χ2v) is 7.54. The SMILES string of the molecule is c1ccc(-c2nnc(SCc3cccnc3)n2Cc2ccc3c(c2)OCO3)cc1. The Kier molecular flexibility index (Phi) is 4.88. The summed E-state index contributed by atoms with van der Waals surface area (Å²) in [5.74, 6) is 3.19. The molecule has 1 aliphatic rings. The van der Waals surface area contributed by atoms with Gasteiger partial charge >= 0.3 is 0 Å². The van der Waals surface area contributed by atoms with Crippen LogP contribution in [0.5, 0.6) is 11.5 Å². The minimum Gasteiger partial charge on any atom is -0.454 e. The fourth-order valence-electron chi connectivity index (χ4n) is 3.19. The maximum absolute atomic E-state index is 5.53. The van der Waals surface area contributed by atoms with Crippen LogP contribution in [0.25, 0.3) is 11.4 Å². The van der Waals surface area contributed by atoms with E-state index in [1.165, 1.54) is 0 Å². The topological polar surface area (TPSA) is 62.1 Å². The van der Waals surface area contributed by atoms with Crippen LogP contribution in [0.4, 0.5) is 0 Å². The van der Waals surface area contributed by atoms with Crippen molar-refractivity contribution in [2.24, 2.45) is 0 Å². The van der Waals surface area contributed by atoms with E-state index in [1.54, 1.807) is 18.0 Å². The highest BCUT2D eigenvalue weighted by molar-refractivity contribution is 7.98. The molecule has 0 radical (unpaired) electrons. The van der Waals surface area contributed by atoms with Gasteiger partial charge in [-0.25, -0.2) is 0 Å². The Bertz CT molecular complexity index is 1120. The van der Waals surface area contributed by atoms with Gasteiger partial charge in [-0.05, 0) is 29.3 Å². The van der Waals surface area contributed by atoms with Crippen molar-refractivity contribution in [2.75, 3.05) is 6.79 Å². The molecule has 2 aromatic heterocycles. The molecule has 0 amide bonds. The van der Waals surface area contributed by atoms with Gasteiger partial charge < -0.3 is 9.47 Å². The molecule has 0 N–H and O–H groups in total. The molecule has 3 heterocycles. The van der Waals surface area contributed by atoms with Crippen molar-refractivity contribution < 1.29 is 9.47 Å². The van der Waals surface area contributed by atoms with Crippen LogP contribution in [-0.2, 0) is 12.3 Å². The molecule has 0 bridgehead atoms. The number of benzene rings is 2. The largest absolute Gasteiger partial charge is 0.454 e. The van der Waals surface area contributed by atoms with Crippen LogP contribution in [0.1, 0.15) is 11.1 Å². The van der Waals surface area contributed by atoms with Gasteiger partial charge in [0, 0.05) is 23.7 Å². The Morgan fingerprint density at radius 1 is 0.897 bits per heavy atom. The molecule has 0 saturated heterocycles. The zero-order valence-corrected chi connectivity index (χ0v) is 16.4. The number of hydrogen-bond acceptors (Lipinski definition) is 6. The molecule has 0 spiro atoms. The lowest BCUT2D eigenvalue weighted by atomic mass is 10.2. The number of fused-ring (bicyclic) bond motifs is 1. The third kappa shape index (κ3) is 3.82. The maximum atomic E-state index is 5.53. The van der Waals surface area contributed by atoms with E-state index in [9.17, 15) is 0 Å². The summed E-state index contributed by atoms with van der Waals surface area (Å²) in [6.07, 6.45) is 3.66. The highest BCUT2D eigenvalue weighted by Gasteiger charge is 2.17.